The first-order valence-corrected chi connectivity index (χ1v) is 4.55. The van der Waals surface area contributed by atoms with Gasteiger partial charge in [0.1, 0.15) is 0 Å². The monoisotopic (exact) mass is 217 g/mol. The van der Waals surface area contributed by atoms with Crippen molar-refractivity contribution in [1.82, 2.24) is 0 Å². The number of amidine groups is 1. The second kappa shape index (κ2) is 5.51. The predicted molar refractivity (Wildman–Crippen MR) is 58.4 cm³/mol. The van der Waals surface area contributed by atoms with Gasteiger partial charge in [0.15, 0.2) is 5.92 Å². The van der Waals surface area contributed by atoms with Crippen molar-refractivity contribution < 1.29 is 9.53 Å². The zero-order chi connectivity index (χ0) is 12.0. The molecule has 1 atom stereocenters. The van der Waals surface area contributed by atoms with E-state index in [1.807, 2.05) is 6.07 Å². The van der Waals surface area contributed by atoms with Crippen LogP contribution in [-0.2, 0) is 9.53 Å². The minimum absolute atomic E-state index is 0.249. The molecule has 1 aromatic rings. The molecule has 0 saturated carbocycles. The summed E-state index contributed by atoms with van der Waals surface area (Å²) in [5.74, 6) is -1.58. The highest BCUT2D eigenvalue weighted by Crippen LogP contribution is 2.15. The van der Waals surface area contributed by atoms with Gasteiger partial charge in [0.05, 0.1) is 13.2 Å². The summed E-state index contributed by atoms with van der Waals surface area (Å²) in [6, 6.07) is 10.3. The standard InChI is InChI=1S/C11H11N3O2/c1-16-11(13)14-10(15)9(7-12)8-5-3-2-4-6-8/h2-6,9H,1H3,(H2,13,14,15). The van der Waals surface area contributed by atoms with Gasteiger partial charge >= 0.3 is 0 Å². The van der Waals surface area contributed by atoms with E-state index < -0.39 is 11.8 Å². The average Bonchev–Trinajstić information content (AvgIpc) is 2.31. The number of nitriles is 1. The van der Waals surface area contributed by atoms with Crippen LogP contribution in [0.4, 0.5) is 0 Å². The van der Waals surface area contributed by atoms with Crippen LogP contribution >= 0.6 is 0 Å². The molecule has 0 spiro atoms. The van der Waals surface area contributed by atoms with Gasteiger partial charge in [0, 0.05) is 0 Å². The van der Waals surface area contributed by atoms with Crippen molar-refractivity contribution in [3.63, 3.8) is 0 Å². The van der Waals surface area contributed by atoms with Gasteiger partial charge in [0.2, 0.25) is 0 Å². The fraction of sp³-hybridized carbons (Fsp3) is 0.182. The highest BCUT2D eigenvalue weighted by Gasteiger charge is 2.19. The Bertz CT molecular complexity index is 434. The fourth-order valence-electron chi connectivity index (χ4n) is 1.14. The largest absolute Gasteiger partial charge is 0.468 e. The van der Waals surface area contributed by atoms with Crippen LogP contribution in [0.3, 0.4) is 0 Å². The summed E-state index contributed by atoms with van der Waals surface area (Å²) in [6.45, 7) is 0. The number of aliphatic imine (C=N–C) groups is 1. The predicted octanol–water partition coefficient (Wildman–Crippen LogP) is 0.781. The summed E-state index contributed by atoms with van der Waals surface area (Å²) in [7, 11) is 1.30. The molecule has 5 heteroatoms. The fourth-order valence-corrected chi connectivity index (χ4v) is 1.14. The average molecular weight is 217 g/mol. The molecule has 2 N–H and O–H groups in total. The molecule has 0 aliphatic carbocycles. The zero-order valence-corrected chi connectivity index (χ0v) is 8.75. The molecule has 16 heavy (non-hydrogen) atoms. The number of hydrogen-bond acceptors (Lipinski definition) is 3. The minimum atomic E-state index is -0.949. The van der Waals surface area contributed by atoms with Gasteiger partial charge in [-0.15, -0.1) is 0 Å². The summed E-state index contributed by atoms with van der Waals surface area (Å²) < 4.78 is 4.55. The van der Waals surface area contributed by atoms with E-state index in [9.17, 15) is 4.79 Å². The second-order valence-corrected chi connectivity index (χ2v) is 2.97. The highest BCUT2D eigenvalue weighted by molar-refractivity contribution is 5.95. The van der Waals surface area contributed by atoms with E-state index in [-0.39, 0.29) is 6.02 Å². The molecule has 1 aromatic carbocycles. The van der Waals surface area contributed by atoms with Crippen molar-refractivity contribution in [2.24, 2.45) is 10.7 Å². The summed E-state index contributed by atoms with van der Waals surface area (Å²) in [5.41, 5.74) is 5.83. The van der Waals surface area contributed by atoms with Crippen molar-refractivity contribution in [3.05, 3.63) is 35.9 Å². The van der Waals surface area contributed by atoms with Crippen LogP contribution in [0.25, 0.3) is 0 Å². The van der Waals surface area contributed by atoms with Gasteiger partial charge in [-0.25, -0.2) is 0 Å². The third-order valence-electron chi connectivity index (χ3n) is 1.94. The molecule has 0 fully saturated rings. The summed E-state index contributed by atoms with van der Waals surface area (Å²) in [4.78, 5) is 15.0. The van der Waals surface area contributed by atoms with E-state index in [1.165, 1.54) is 7.11 Å². The maximum absolute atomic E-state index is 11.6. The first kappa shape index (κ1) is 11.7. The molecule has 0 bridgehead atoms. The lowest BCUT2D eigenvalue weighted by molar-refractivity contribution is -0.118. The van der Waals surface area contributed by atoms with Gasteiger partial charge in [-0.05, 0) is 5.56 Å². The first-order valence-electron chi connectivity index (χ1n) is 4.55. The number of ether oxygens (including phenoxy) is 1. The number of carbonyl (C=O) groups is 1. The maximum atomic E-state index is 11.6. The molecule has 0 aliphatic heterocycles. The van der Waals surface area contributed by atoms with Crippen LogP contribution in [0.2, 0.25) is 0 Å². The van der Waals surface area contributed by atoms with Gasteiger partial charge in [-0.3, -0.25) is 4.79 Å². The molecular formula is C11H11N3O2. The summed E-state index contributed by atoms with van der Waals surface area (Å²) in [6.07, 6.45) is 0. The van der Waals surface area contributed by atoms with Gasteiger partial charge in [-0.2, -0.15) is 10.3 Å². The van der Waals surface area contributed by atoms with Crippen LogP contribution in [0.15, 0.2) is 35.3 Å². The molecule has 0 heterocycles. The van der Waals surface area contributed by atoms with E-state index in [2.05, 4.69) is 9.73 Å². The Morgan fingerprint density at radius 1 is 1.50 bits per heavy atom. The molecule has 0 aliphatic rings. The normalized spacial score (nSPS) is 12.6. The quantitative estimate of drug-likeness (QED) is 0.585. The van der Waals surface area contributed by atoms with Gasteiger partial charge < -0.3 is 10.5 Å². The number of methoxy groups -OCH3 is 1. The van der Waals surface area contributed by atoms with Gasteiger partial charge in [0.25, 0.3) is 11.9 Å². The van der Waals surface area contributed by atoms with E-state index in [0.29, 0.717) is 5.56 Å². The highest BCUT2D eigenvalue weighted by atomic mass is 16.5. The number of rotatable bonds is 2. The number of nitrogens with two attached hydrogens (primary N) is 1. The Morgan fingerprint density at radius 2 is 2.12 bits per heavy atom. The van der Waals surface area contributed by atoms with Crippen molar-refractivity contribution in [2.45, 2.75) is 5.92 Å². The number of benzene rings is 1. The van der Waals surface area contributed by atoms with Crippen LogP contribution in [-0.4, -0.2) is 19.0 Å². The van der Waals surface area contributed by atoms with E-state index in [0.717, 1.165) is 0 Å². The van der Waals surface area contributed by atoms with E-state index in [4.69, 9.17) is 11.0 Å². The van der Waals surface area contributed by atoms with E-state index >= 15 is 0 Å². The second-order valence-electron chi connectivity index (χ2n) is 2.97. The van der Waals surface area contributed by atoms with Crippen LogP contribution < -0.4 is 5.73 Å². The van der Waals surface area contributed by atoms with Gasteiger partial charge in [-0.1, -0.05) is 30.3 Å². The molecule has 1 amide bonds. The summed E-state index contributed by atoms with van der Waals surface area (Å²) >= 11 is 0. The number of nitrogens with zero attached hydrogens (tertiary/aromatic N) is 2. The zero-order valence-electron chi connectivity index (χ0n) is 8.75. The SMILES string of the molecule is COC(N)=NC(=O)C(C#N)c1ccccc1. The Balaban J connectivity index is 2.94. The third kappa shape index (κ3) is 2.82. The lowest BCUT2D eigenvalue weighted by Gasteiger charge is -2.04. The van der Waals surface area contributed by atoms with Crippen LogP contribution in [0.1, 0.15) is 11.5 Å². The Labute approximate surface area is 93.2 Å². The minimum Gasteiger partial charge on any atom is -0.468 e. The number of hydrogen-bond donors (Lipinski definition) is 1. The third-order valence-corrected chi connectivity index (χ3v) is 1.94. The molecule has 0 radical (unpaired) electrons. The summed E-state index contributed by atoms with van der Waals surface area (Å²) in [5, 5.41) is 8.91. The smallest absolute Gasteiger partial charge is 0.289 e. The van der Waals surface area contributed by atoms with Crippen LogP contribution in [0.5, 0.6) is 0 Å². The first-order chi connectivity index (χ1) is 7.69. The van der Waals surface area contributed by atoms with E-state index in [1.54, 1.807) is 30.3 Å². The Morgan fingerprint density at radius 3 is 2.62 bits per heavy atom. The molecular weight excluding hydrogens is 206 g/mol. The Hall–Kier alpha value is -2.35. The molecule has 5 nitrogen and oxygen atoms in total. The van der Waals surface area contributed by atoms with Crippen molar-refractivity contribution >= 4 is 11.9 Å². The molecule has 82 valence electrons. The lowest BCUT2D eigenvalue weighted by Crippen LogP contribution is -2.18. The molecule has 1 rings (SSSR count). The maximum Gasteiger partial charge on any atom is 0.289 e. The molecule has 0 aromatic heterocycles. The van der Waals surface area contributed by atoms with Crippen LogP contribution in [0, 0.1) is 11.3 Å². The van der Waals surface area contributed by atoms with Crippen molar-refractivity contribution in [2.75, 3.05) is 7.11 Å². The Kier molecular flexibility index (Phi) is 4.04. The number of carbonyl (C=O) groups excluding carboxylic acids is 1. The molecule has 1 unspecified atom stereocenters. The topological polar surface area (TPSA) is 88.5 Å². The molecule has 0 saturated heterocycles. The van der Waals surface area contributed by atoms with Crippen molar-refractivity contribution in [3.8, 4) is 6.07 Å². The van der Waals surface area contributed by atoms with Crippen molar-refractivity contribution in [1.29, 1.82) is 5.26 Å². The number of amides is 1. The lowest BCUT2D eigenvalue weighted by atomic mass is 10.0.